The van der Waals surface area contributed by atoms with Gasteiger partial charge in [-0.15, -0.1) is 0 Å². The molecule has 11 heteroatoms. The Morgan fingerprint density at radius 2 is 1.85 bits per heavy atom. The Labute approximate surface area is 197 Å². The first-order chi connectivity index (χ1) is 16.1. The quantitative estimate of drug-likeness (QED) is 0.374. The molecule has 2 aromatic rings. The minimum atomic E-state index is -1.20. The largest absolute Gasteiger partial charge is 0.394 e. The number of fused-ring (bicyclic) bond motifs is 2. The number of ether oxygens (including phenoxy) is 1. The molecule has 1 saturated heterocycles. The van der Waals surface area contributed by atoms with Gasteiger partial charge in [0.1, 0.15) is 36.0 Å². The molecule has 1 aromatic heterocycles. The molecule has 0 spiro atoms. The molecule has 4 heterocycles. The molecule has 5 atom stereocenters. The highest BCUT2D eigenvalue weighted by atomic mass is 16.6. The number of hydrogen-bond donors (Lipinski definition) is 6. The van der Waals surface area contributed by atoms with Crippen molar-refractivity contribution < 1.29 is 25.3 Å². The van der Waals surface area contributed by atoms with Gasteiger partial charge in [0, 0.05) is 6.54 Å². The smallest absolute Gasteiger partial charge is 0.165 e. The summed E-state index contributed by atoms with van der Waals surface area (Å²) in [5, 5.41) is 48.5. The molecular formula is C23H32N6O5. The fourth-order valence-electron chi connectivity index (χ4n) is 5.30. The highest BCUT2D eigenvalue weighted by molar-refractivity contribution is 5.78. The van der Waals surface area contributed by atoms with E-state index in [1.54, 1.807) is 10.9 Å². The van der Waals surface area contributed by atoms with Gasteiger partial charge in [-0.25, -0.2) is 9.98 Å². The van der Waals surface area contributed by atoms with Gasteiger partial charge >= 0.3 is 0 Å². The number of nitrogens with zero attached hydrogens (tertiary/aromatic N) is 4. The summed E-state index contributed by atoms with van der Waals surface area (Å²) in [5.74, 6) is 0.593. The van der Waals surface area contributed by atoms with E-state index < -0.39 is 48.4 Å². The molecule has 5 rings (SSSR count). The molecule has 11 nitrogen and oxygen atoms in total. The Hall–Kier alpha value is -2.38. The Kier molecular flexibility index (Phi) is 5.56. The van der Waals surface area contributed by atoms with Crippen molar-refractivity contribution >= 4 is 12.2 Å². The second kappa shape index (κ2) is 8.09. The van der Waals surface area contributed by atoms with Crippen molar-refractivity contribution in [1.29, 1.82) is 0 Å². The van der Waals surface area contributed by atoms with Gasteiger partial charge in [0.25, 0.3) is 0 Å². The van der Waals surface area contributed by atoms with Crippen molar-refractivity contribution in [2.24, 2.45) is 4.99 Å². The lowest BCUT2D eigenvalue weighted by Crippen LogP contribution is -2.42. The van der Waals surface area contributed by atoms with Gasteiger partial charge in [0.2, 0.25) is 0 Å². The zero-order valence-corrected chi connectivity index (χ0v) is 19.7. The molecule has 1 aromatic carbocycles. The van der Waals surface area contributed by atoms with Gasteiger partial charge in [-0.3, -0.25) is 9.88 Å². The van der Waals surface area contributed by atoms with E-state index in [2.05, 4.69) is 32.7 Å². The molecule has 3 aliphatic rings. The lowest BCUT2D eigenvalue weighted by atomic mass is 9.89. The number of nitrogens with one attached hydrogen (secondary N) is 2. The van der Waals surface area contributed by atoms with E-state index in [0.717, 1.165) is 16.7 Å². The van der Waals surface area contributed by atoms with E-state index in [4.69, 9.17) is 4.74 Å². The molecule has 0 saturated carbocycles. The van der Waals surface area contributed by atoms with Crippen LogP contribution in [0.3, 0.4) is 0 Å². The van der Waals surface area contributed by atoms with Crippen LogP contribution in [0.15, 0.2) is 29.5 Å². The zero-order valence-electron chi connectivity index (χ0n) is 19.7. The first-order valence-electron chi connectivity index (χ1n) is 11.4. The second-order valence-corrected chi connectivity index (χ2v) is 10.1. The molecule has 6 N–H and O–H groups in total. The predicted molar refractivity (Wildman–Crippen MR) is 123 cm³/mol. The minimum Gasteiger partial charge on any atom is -0.394 e. The minimum absolute atomic E-state index is 0.395. The third kappa shape index (κ3) is 3.39. The number of hydroxylamine groups is 2. The van der Waals surface area contributed by atoms with Gasteiger partial charge in [0.15, 0.2) is 6.23 Å². The standard InChI is InChI=1S/C23H32N6O5/c1-22(2)13-6-5-12(7-14(13)23(3,4)29(22)33)8-24-19-16-20(26-10-25-19)28(11-27-16)21-18(32)17(31)15(9-30)34-21/h5-7,10-11,15,17-19,21,24,30-33H,8-9H2,1-4H3,(H,25,26)/t15-,17-,18-,19?,21-/m1/s1. The van der Waals surface area contributed by atoms with Crippen LogP contribution in [0.2, 0.25) is 0 Å². The summed E-state index contributed by atoms with van der Waals surface area (Å²) in [6.07, 6.45) is -1.49. The molecule has 0 bridgehead atoms. The summed E-state index contributed by atoms with van der Waals surface area (Å²) in [6.45, 7) is 8.15. The Balaban J connectivity index is 1.35. The second-order valence-electron chi connectivity index (χ2n) is 10.1. The summed E-state index contributed by atoms with van der Waals surface area (Å²) in [5.41, 5.74) is 2.89. The van der Waals surface area contributed by atoms with E-state index in [1.807, 2.05) is 33.8 Å². The molecule has 0 radical (unpaired) electrons. The van der Waals surface area contributed by atoms with Gasteiger partial charge in [0.05, 0.1) is 30.4 Å². The molecule has 1 unspecified atom stereocenters. The molecule has 3 aliphatic heterocycles. The lowest BCUT2D eigenvalue weighted by molar-refractivity contribution is -0.216. The van der Waals surface area contributed by atoms with Crippen LogP contribution in [0.4, 0.5) is 5.82 Å². The molecule has 34 heavy (non-hydrogen) atoms. The molecule has 0 amide bonds. The number of imidazole rings is 1. The summed E-state index contributed by atoms with van der Waals surface area (Å²) < 4.78 is 7.25. The third-order valence-electron chi connectivity index (χ3n) is 7.26. The summed E-state index contributed by atoms with van der Waals surface area (Å²) in [4.78, 5) is 8.93. The van der Waals surface area contributed by atoms with Crippen LogP contribution in [-0.4, -0.2) is 66.4 Å². The fourth-order valence-corrected chi connectivity index (χ4v) is 5.30. The predicted octanol–water partition coefficient (Wildman–Crippen LogP) is 0.912. The molecule has 184 valence electrons. The highest BCUT2D eigenvalue weighted by Gasteiger charge is 2.49. The molecule has 0 aliphatic carbocycles. The van der Waals surface area contributed by atoms with Crippen LogP contribution in [0.5, 0.6) is 0 Å². The normalized spacial score (nSPS) is 31.4. The summed E-state index contributed by atoms with van der Waals surface area (Å²) in [7, 11) is 0. The third-order valence-corrected chi connectivity index (χ3v) is 7.26. The Morgan fingerprint density at radius 3 is 2.56 bits per heavy atom. The van der Waals surface area contributed by atoms with Crippen LogP contribution in [0, 0.1) is 0 Å². The average molecular weight is 473 g/mol. The summed E-state index contributed by atoms with van der Waals surface area (Å²) >= 11 is 0. The monoisotopic (exact) mass is 472 g/mol. The number of aliphatic hydroxyl groups excluding tert-OH is 3. The highest BCUT2D eigenvalue weighted by Crippen LogP contribution is 2.48. The maximum Gasteiger partial charge on any atom is 0.165 e. The lowest BCUT2D eigenvalue weighted by Gasteiger charge is -2.34. The zero-order chi connectivity index (χ0) is 24.4. The van der Waals surface area contributed by atoms with Crippen LogP contribution >= 0.6 is 0 Å². The molecule has 1 fully saturated rings. The average Bonchev–Trinajstić information content (AvgIpc) is 3.41. The number of rotatable bonds is 5. The number of benzene rings is 1. The van der Waals surface area contributed by atoms with Crippen molar-refractivity contribution in [1.82, 2.24) is 19.9 Å². The van der Waals surface area contributed by atoms with E-state index in [1.165, 1.54) is 11.4 Å². The van der Waals surface area contributed by atoms with Crippen molar-refractivity contribution in [2.75, 3.05) is 11.9 Å². The van der Waals surface area contributed by atoms with Crippen LogP contribution in [0.25, 0.3) is 0 Å². The maximum atomic E-state index is 10.7. The van der Waals surface area contributed by atoms with Gasteiger partial charge in [-0.2, -0.15) is 5.06 Å². The van der Waals surface area contributed by atoms with E-state index in [-0.39, 0.29) is 0 Å². The van der Waals surface area contributed by atoms with E-state index in [9.17, 15) is 20.5 Å². The maximum absolute atomic E-state index is 10.7. The molecular weight excluding hydrogens is 440 g/mol. The van der Waals surface area contributed by atoms with Crippen molar-refractivity contribution in [3.8, 4) is 0 Å². The van der Waals surface area contributed by atoms with Crippen molar-refractivity contribution in [3.05, 3.63) is 46.9 Å². The number of anilines is 1. The first kappa shape index (κ1) is 23.4. The Morgan fingerprint density at radius 1 is 1.12 bits per heavy atom. The SMILES string of the molecule is CC1(C)c2ccc(CNC3N=CNc4c3ncn4[C@@H]3O[C@H](CO)[C@@H](O)[C@H]3O)cc2C(C)(C)N1O. The number of aliphatic imine (C=N–C) groups is 1. The number of aliphatic hydroxyl groups is 3. The van der Waals surface area contributed by atoms with E-state index in [0.29, 0.717) is 18.1 Å². The van der Waals surface area contributed by atoms with Crippen molar-refractivity contribution in [2.45, 2.75) is 76.0 Å². The van der Waals surface area contributed by atoms with Crippen LogP contribution in [-0.2, 0) is 22.4 Å². The topological polar surface area (TPSA) is 148 Å². The number of aromatic nitrogens is 2. The fraction of sp³-hybridized carbons (Fsp3) is 0.565. The van der Waals surface area contributed by atoms with Gasteiger partial charge in [-0.1, -0.05) is 18.2 Å². The number of hydrogen-bond acceptors (Lipinski definition) is 10. The van der Waals surface area contributed by atoms with Crippen LogP contribution < -0.4 is 10.6 Å². The van der Waals surface area contributed by atoms with E-state index >= 15 is 0 Å². The van der Waals surface area contributed by atoms with Crippen LogP contribution in [0.1, 0.15) is 62.5 Å². The summed E-state index contributed by atoms with van der Waals surface area (Å²) in [6, 6.07) is 6.23. The first-order valence-corrected chi connectivity index (χ1v) is 11.4. The van der Waals surface area contributed by atoms with Gasteiger partial charge in [-0.05, 0) is 44.4 Å². The Bertz CT molecular complexity index is 1120. The van der Waals surface area contributed by atoms with Gasteiger partial charge < -0.3 is 30.6 Å². The van der Waals surface area contributed by atoms with Crippen molar-refractivity contribution in [3.63, 3.8) is 0 Å².